The Kier molecular flexibility index (Phi) is 5.21. The highest BCUT2D eigenvalue weighted by Gasteiger charge is 2.32. The number of hydrogen-bond donors (Lipinski definition) is 1. The molecule has 1 N–H and O–H groups in total. The number of hydrogen-bond acceptors (Lipinski definition) is 5. The highest BCUT2D eigenvalue weighted by molar-refractivity contribution is 5.63. The topological polar surface area (TPSA) is 85.4 Å². The Labute approximate surface area is 158 Å². The van der Waals surface area contributed by atoms with E-state index in [-0.39, 0.29) is 5.69 Å². The van der Waals surface area contributed by atoms with Crippen LogP contribution in [0.5, 0.6) is 0 Å². The van der Waals surface area contributed by atoms with Crippen LogP contribution in [0.25, 0.3) is 5.65 Å². The molecule has 0 aliphatic heterocycles. The number of nitro groups is 1. The van der Waals surface area contributed by atoms with E-state index in [9.17, 15) is 23.3 Å². The number of rotatable bonds is 6. The number of nitrogens with one attached hydrogen (secondary N) is 1. The predicted octanol–water partition coefficient (Wildman–Crippen LogP) is 4.32. The Morgan fingerprint density at radius 3 is 2.64 bits per heavy atom. The van der Waals surface area contributed by atoms with Gasteiger partial charge in [0.1, 0.15) is 5.69 Å². The van der Waals surface area contributed by atoms with Crippen molar-refractivity contribution in [3.05, 3.63) is 63.1 Å². The fourth-order valence-electron chi connectivity index (χ4n) is 2.96. The number of benzene rings is 1. The molecule has 0 amide bonds. The molecule has 2 heterocycles. The maximum atomic E-state index is 12.7. The van der Waals surface area contributed by atoms with Gasteiger partial charge in [0.2, 0.25) is 0 Å². The molecule has 148 valence electrons. The highest BCUT2D eigenvalue weighted by Crippen LogP contribution is 2.34. The molecule has 0 unspecified atom stereocenters. The van der Waals surface area contributed by atoms with Crippen molar-refractivity contribution in [3.63, 3.8) is 0 Å². The van der Waals surface area contributed by atoms with Crippen molar-refractivity contribution in [1.29, 1.82) is 0 Å². The van der Waals surface area contributed by atoms with Gasteiger partial charge in [0.25, 0.3) is 5.69 Å². The third-order valence-electron chi connectivity index (χ3n) is 4.23. The minimum absolute atomic E-state index is 0.0566. The van der Waals surface area contributed by atoms with Crippen molar-refractivity contribution in [3.8, 4) is 0 Å². The van der Waals surface area contributed by atoms with E-state index in [2.05, 4.69) is 15.4 Å². The summed E-state index contributed by atoms with van der Waals surface area (Å²) in [7, 11) is 0. The Morgan fingerprint density at radius 1 is 1.21 bits per heavy atom. The molecule has 3 rings (SSSR count). The highest BCUT2D eigenvalue weighted by atomic mass is 19.4. The lowest BCUT2D eigenvalue weighted by molar-refractivity contribution is -0.384. The average Bonchev–Trinajstić information content (AvgIpc) is 3.01. The van der Waals surface area contributed by atoms with Crippen molar-refractivity contribution in [2.45, 2.75) is 32.9 Å². The lowest BCUT2D eigenvalue weighted by atomic mass is 10.1. The molecule has 0 atom stereocenters. The summed E-state index contributed by atoms with van der Waals surface area (Å²) in [6.45, 7) is 4.19. The Balaban J connectivity index is 1.65. The number of aromatic nitrogens is 3. The molecule has 3 aromatic rings. The fourth-order valence-corrected chi connectivity index (χ4v) is 2.96. The van der Waals surface area contributed by atoms with E-state index in [1.165, 1.54) is 0 Å². The van der Waals surface area contributed by atoms with Gasteiger partial charge in [-0.2, -0.15) is 18.3 Å². The van der Waals surface area contributed by atoms with E-state index in [0.717, 1.165) is 34.9 Å². The maximum Gasteiger partial charge on any atom is 0.416 e. The number of anilines is 1. The number of aryl methyl sites for hydroxylation is 3. The third-order valence-corrected chi connectivity index (χ3v) is 4.23. The van der Waals surface area contributed by atoms with Crippen molar-refractivity contribution < 1.29 is 18.1 Å². The van der Waals surface area contributed by atoms with Gasteiger partial charge in [-0.15, -0.1) is 0 Å². The van der Waals surface area contributed by atoms with Crippen molar-refractivity contribution in [2.24, 2.45) is 0 Å². The Bertz CT molecular complexity index is 1030. The molecule has 0 saturated heterocycles. The summed E-state index contributed by atoms with van der Waals surface area (Å²) in [4.78, 5) is 14.7. The first-order chi connectivity index (χ1) is 13.1. The van der Waals surface area contributed by atoms with Gasteiger partial charge in [-0.05, 0) is 44.9 Å². The van der Waals surface area contributed by atoms with E-state index in [1.54, 1.807) is 4.52 Å². The van der Waals surface area contributed by atoms with Crippen LogP contribution in [-0.4, -0.2) is 26.1 Å². The van der Waals surface area contributed by atoms with E-state index in [0.29, 0.717) is 25.5 Å². The molecule has 0 spiro atoms. The van der Waals surface area contributed by atoms with Crippen LogP contribution in [0.4, 0.5) is 24.5 Å². The summed E-state index contributed by atoms with van der Waals surface area (Å²) in [5.74, 6) is 0. The summed E-state index contributed by atoms with van der Waals surface area (Å²) < 4.78 is 40.0. The normalized spacial score (nSPS) is 11.8. The second-order valence-electron chi connectivity index (χ2n) is 6.46. The summed E-state index contributed by atoms with van der Waals surface area (Å²) in [6, 6.07) is 6.26. The molecule has 0 fully saturated rings. The van der Waals surface area contributed by atoms with Crippen LogP contribution in [0, 0.1) is 24.0 Å². The lowest BCUT2D eigenvalue weighted by Crippen LogP contribution is -2.09. The van der Waals surface area contributed by atoms with Crippen LogP contribution in [0.3, 0.4) is 0 Å². The van der Waals surface area contributed by atoms with Crippen LogP contribution in [0.2, 0.25) is 0 Å². The van der Waals surface area contributed by atoms with Gasteiger partial charge in [-0.25, -0.2) is 9.50 Å². The first-order valence-corrected chi connectivity index (χ1v) is 8.57. The molecule has 2 aromatic heterocycles. The van der Waals surface area contributed by atoms with E-state index >= 15 is 0 Å². The van der Waals surface area contributed by atoms with Gasteiger partial charge in [-0.1, -0.05) is 0 Å². The molecular formula is C18H18F3N5O2. The Hall–Kier alpha value is -3.17. The SMILES string of the molecule is Cc1cc(C)n2nc(CCCNc3ccc(C(F)(F)F)cc3[N+](=O)[O-])cc2n1. The Morgan fingerprint density at radius 2 is 1.96 bits per heavy atom. The first kappa shape index (κ1) is 19.6. The van der Waals surface area contributed by atoms with E-state index in [1.807, 2.05) is 26.0 Å². The standard InChI is InChI=1S/C18H18F3N5O2/c1-11-8-12(2)25-17(23-11)10-14(24-25)4-3-7-22-15-6-5-13(18(19,20)21)9-16(15)26(27)28/h5-6,8-10,22H,3-4,7H2,1-2H3. The van der Waals surface area contributed by atoms with Gasteiger partial charge in [0.05, 0.1) is 16.2 Å². The van der Waals surface area contributed by atoms with Crippen LogP contribution >= 0.6 is 0 Å². The molecule has 28 heavy (non-hydrogen) atoms. The van der Waals surface area contributed by atoms with Crippen LogP contribution < -0.4 is 5.32 Å². The zero-order valence-corrected chi connectivity index (χ0v) is 15.2. The van der Waals surface area contributed by atoms with Crippen molar-refractivity contribution in [2.75, 3.05) is 11.9 Å². The lowest BCUT2D eigenvalue weighted by Gasteiger charge is -2.10. The van der Waals surface area contributed by atoms with Gasteiger partial charge in [0, 0.05) is 30.1 Å². The maximum absolute atomic E-state index is 12.7. The quantitative estimate of drug-likeness (QED) is 0.383. The summed E-state index contributed by atoms with van der Waals surface area (Å²) in [5, 5.41) is 18.4. The van der Waals surface area contributed by atoms with Gasteiger partial charge >= 0.3 is 6.18 Å². The van der Waals surface area contributed by atoms with Crippen LogP contribution in [0.1, 0.15) is 29.1 Å². The second kappa shape index (κ2) is 7.45. The van der Waals surface area contributed by atoms with Gasteiger partial charge in [0.15, 0.2) is 5.65 Å². The number of nitro benzene ring substituents is 1. The van der Waals surface area contributed by atoms with E-state index < -0.39 is 22.4 Å². The molecule has 7 nitrogen and oxygen atoms in total. The molecule has 10 heteroatoms. The predicted molar refractivity (Wildman–Crippen MR) is 97.4 cm³/mol. The average molecular weight is 393 g/mol. The summed E-state index contributed by atoms with van der Waals surface area (Å²) in [6.07, 6.45) is -3.43. The minimum Gasteiger partial charge on any atom is -0.379 e. The number of nitrogens with zero attached hydrogens (tertiary/aromatic N) is 4. The zero-order chi connectivity index (χ0) is 20.5. The van der Waals surface area contributed by atoms with Crippen LogP contribution in [0.15, 0.2) is 30.3 Å². The number of alkyl halides is 3. The van der Waals surface area contributed by atoms with Crippen LogP contribution in [-0.2, 0) is 12.6 Å². The minimum atomic E-state index is -4.63. The van der Waals surface area contributed by atoms with Crippen molar-refractivity contribution in [1.82, 2.24) is 14.6 Å². The number of halogens is 3. The largest absolute Gasteiger partial charge is 0.416 e. The fraction of sp³-hybridized carbons (Fsp3) is 0.333. The van der Waals surface area contributed by atoms with E-state index in [4.69, 9.17) is 0 Å². The van der Waals surface area contributed by atoms with Crippen molar-refractivity contribution >= 4 is 17.0 Å². The monoisotopic (exact) mass is 393 g/mol. The molecule has 0 saturated carbocycles. The summed E-state index contributed by atoms with van der Waals surface area (Å²) in [5.41, 5.74) is 1.84. The molecule has 0 aliphatic rings. The van der Waals surface area contributed by atoms with Gasteiger partial charge < -0.3 is 5.32 Å². The summed E-state index contributed by atoms with van der Waals surface area (Å²) >= 11 is 0. The molecule has 1 aromatic carbocycles. The third kappa shape index (κ3) is 4.21. The smallest absolute Gasteiger partial charge is 0.379 e. The molecule has 0 aliphatic carbocycles. The number of fused-ring (bicyclic) bond motifs is 1. The second-order valence-corrected chi connectivity index (χ2v) is 6.46. The first-order valence-electron chi connectivity index (χ1n) is 8.57. The molecule has 0 radical (unpaired) electrons. The molecular weight excluding hydrogens is 375 g/mol. The van der Waals surface area contributed by atoms with Gasteiger partial charge in [-0.3, -0.25) is 10.1 Å². The molecule has 0 bridgehead atoms. The zero-order valence-electron chi connectivity index (χ0n) is 15.2.